The Morgan fingerprint density at radius 1 is 1.31 bits per heavy atom. The van der Waals surface area contributed by atoms with Gasteiger partial charge in [0.25, 0.3) is 0 Å². The zero-order chi connectivity index (χ0) is 10.5. The molecule has 0 fully saturated rings. The van der Waals surface area contributed by atoms with Crippen LogP contribution in [0.25, 0.3) is 0 Å². The number of ketones is 2. The van der Waals surface area contributed by atoms with E-state index in [0.29, 0.717) is 12.8 Å². The molecule has 0 heterocycles. The smallest absolute Gasteiger partial charge is 0.160 e. The molecule has 3 heteroatoms. The van der Waals surface area contributed by atoms with E-state index < -0.39 is 5.60 Å². The van der Waals surface area contributed by atoms with E-state index in [-0.39, 0.29) is 18.0 Å². The van der Waals surface area contributed by atoms with Gasteiger partial charge in [-0.25, -0.2) is 0 Å². The Kier molecular flexibility index (Phi) is 4.85. The number of rotatable bonds is 6. The van der Waals surface area contributed by atoms with E-state index in [1.165, 1.54) is 13.8 Å². The molecular formula is C10H18O3. The fourth-order valence-corrected chi connectivity index (χ4v) is 0.963. The molecule has 76 valence electrons. The molecule has 0 aromatic heterocycles. The number of hydrogen-bond donors (Lipinski definition) is 1. The molecule has 1 unspecified atom stereocenters. The van der Waals surface area contributed by atoms with Crippen molar-refractivity contribution in [2.45, 2.75) is 52.1 Å². The van der Waals surface area contributed by atoms with Gasteiger partial charge in [0.05, 0.1) is 0 Å². The predicted molar refractivity (Wildman–Crippen MR) is 50.5 cm³/mol. The summed E-state index contributed by atoms with van der Waals surface area (Å²) < 4.78 is 0. The maximum Gasteiger partial charge on any atom is 0.160 e. The second kappa shape index (κ2) is 5.12. The normalized spacial score (nSPS) is 15.1. The summed E-state index contributed by atoms with van der Waals surface area (Å²) in [6, 6.07) is 0. The van der Waals surface area contributed by atoms with Gasteiger partial charge >= 0.3 is 0 Å². The molecule has 0 rings (SSSR count). The third-order valence-corrected chi connectivity index (χ3v) is 2.18. The van der Waals surface area contributed by atoms with E-state index in [9.17, 15) is 14.7 Å². The molecule has 0 aliphatic heterocycles. The summed E-state index contributed by atoms with van der Waals surface area (Å²) in [6.45, 7) is 4.72. The average molecular weight is 186 g/mol. The van der Waals surface area contributed by atoms with Gasteiger partial charge in [-0.2, -0.15) is 0 Å². The van der Waals surface area contributed by atoms with Gasteiger partial charge in [-0.3, -0.25) is 9.59 Å². The molecule has 1 atom stereocenters. The van der Waals surface area contributed by atoms with Crippen LogP contribution in [0.3, 0.4) is 0 Å². The Hall–Kier alpha value is -0.700. The van der Waals surface area contributed by atoms with Crippen LogP contribution in [-0.4, -0.2) is 22.3 Å². The minimum Gasteiger partial charge on any atom is -0.382 e. The summed E-state index contributed by atoms with van der Waals surface area (Å²) in [5.41, 5.74) is -1.33. The first-order valence-electron chi connectivity index (χ1n) is 4.65. The highest BCUT2D eigenvalue weighted by molar-refractivity contribution is 5.85. The maximum absolute atomic E-state index is 11.1. The monoisotopic (exact) mass is 186 g/mol. The van der Waals surface area contributed by atoms with Crippen molar-refractivity contribution >= 4 is 11.6 Å². The minimum atomic E-state index is -1.33. The lowest BCUT2D eigenvalue weighted by Gasteiger charge is -2.18. The predicted octanol–water partition coefficient (Wildman–Crippen LogP) is 1.48. The number of carbonyl (C=O) groups is 2. The van der Waals surface area contributed by atoms with Crippen LogP contribution in [0.5, 0.6) is 0 Å². The highest BCUT2D eigenvalue weighted by atomic mass is 16.3. The van der Waals surface area contributed by atoms with E-state index in [0.717, 1.165) is 6.42 Å². The van der Waals surface area contributed by atoms with Crippen LogP contribution in [0.4, 0.5) is 0 Å². The quantitative estimate of drug-likeness (QED) is 0.683. The molecule has 0 saturated heterocycles. The van der Waals surface area contributed by atoms with E-state index >= 15 is 0 Å². The van der Waals surface area contributed by atoms with Crippen molar-refractivity contribution < 1.29 is 14.7 Å². The van der Waals surface area contributed by atoms with E-state index in [4.69, 9.17) is 0 Å². The van der Waals surface area contributed by atoms with Crippen LogP contribution in [-0.2, 0) is 9.59 Å². The second-order valence-corrected chi connectivity index (χ2v) is 3.62. The van der Waals surface area contributed by atoms with Crippen molar-refractivity contribution in [2.75, 3.05) is 0 Å². The van der Waals surface area contributed by atoms with Crippen molar-refractivity contribution in [1.29, 1.82) is 0 Å². The lowest BCUT2D eigenvalue weighted by molar-refractivity contribution is -0.134. The number of aliphatic hydroxyl groups is 1. The van der Waals surface area contributed by atoms with Crippen LogP contribution in [0.1, 0.15) is 46.5 Å². The lowest BCUT2D eigenvalue weighted by atomic mass is 9.94. The molecule has 0 radical (unpaired) electrons. The lowest BCUT2D eigenvalue weighted by Crippen LogP contribution is -2.33. The molecule has 3 nitrogen and oxygen atoms in total. The Morgan fingerprint density at radius 3 is 2.23 bits per heavy atom. The van der Waals surface area contributed by atoms with Crippen molar-refractivity contribution in [3.05, 3.63) is 0 Å². The van der Waals surface area contributed by atoms with Crippen LogP contribution >= 0.6 is 0 Å². The van der Waals surface area contributed by atoms with Crippen LogP contribution in [0, 0.1) is 0 Å². The molecule has 13 heavy (non-hydrogen) atoms. The summed E-state index contributed by atoms with van der Waals surface area (Å²) in [5, 5.41) is 9.51. The number of hydrogen-bond acceptors (Lipinski definition) is 3. The highest BCUT2D eigenvalue weighted by Gasteiger charge is 2.26. The molecule has 0 aromatic carbocycles. The summed E-state index contributed by atoms with van der Waals surface area (Å²) in [6.07, 6.45) is 1.89. The largest absolute Gasteiger partial charge is 0.382 e. The zero-order valence-corrected chi connectivity index (χ0v) is 8.59. The molecule has 0 saturated carbocycles. The zero-order valence-electron chi connectivity index (χ0n) is 8.59. The van der Waals surface area contributed by atoms with Crippen molar-refractivity contribution in [3.63, 3.8) is 0 Å². The highest BCUT2D eigenvalue weighted by Crippen LogP contribution is 2.14. The average Bonchev–Trinajstić information content (AvgIpc) is 2.01. The topological polar surface area (TPSA) is 54.4 Å². The summed E-state index contributed by atoms with van der Waals surface area (Å²) in [7, 11) is 0. The SMILES string of the molecule is CCCC(=O)CCC(C)(O)C(C)=O. The van der Waals surface area contributed by atoms with E-state index in [1.807, 2.05) is 6.92 Å². The first kappa shape index (κ1) is 12.3. The summed E-state index contributed by atoms with van der Waals surface area (Å²) in [5.74, 6) is -0.166. The fraction of sp³-hybridized carbons (Fsp3) is 0.800. The molecule has 0 aromatic rings. The molecular weight excluding hydrogens is 168 g/mol. The van der Waals surface area contributed by atoms with Gasteiger partial charge in [0.15, 0.2) is 5.78 Å². The third-order valence-electron chi connectivity index (χ3n) is 2.18. The van der Waals surface area contributed by atoms with Crippen LogP contribution < -0.4 is 0 Å². The molecule has 0 aliphatic rings. The summed E-state index contributed by atoms with van der Waals surface area (Å²) in [4.78, 5) is 22.0. The van der Waals surface area contributed by atoms with E-state index in [2.05, 4.69) is 0 Å². The van der Waals surface area contributed by atoms with Gasteiger partial charge in [0, 0.05) is 12.8 Å². The molecule has 0 spiro atoms. The third kappa shape index (κ3) is 4.78. The van der Waals surface area contributed by atoms with Gasteiger partial charge in [-0.05, 0) is 26.7 Å². The van der Waals surface area contributed by atoms with Gasteiger partial charge in [0.2, 0.25) is 0 Å². The Morgan fingerprint density at radius 2 is 1.85 bits per heavy atom. The number of Topliss-reactive ketones (excluding diaryl/α,β-unsaturated/α-hetero) is 2. The molecule has 0 amide bonds. The second-order valence-electron chi connectivity index (χ2n) is 3.62. The van der Waals surface area contributed by atoms with Gasteiger partial charge in [0.1, 0.15) is 11.4 Å². The fourth-order valence-electron chi connectivity index (χ4n) is 0.963. The van der Waals surface area contributed by atoms with Crippen LogP contribution in [0.2, 0.25) is 0 Å². The van der Waals surface area contributed by atoms with Crippen molar-refractivity contribution in [3.8, 4) is 0 Å². The Labute approximate surface area is 79.1 Å². The Bertz CT molecular complexity index is 194. The number of carbonyl (C=O) groups excluding carboxylic acids is 2. The van der Waals surface area contributed by atoms with Crippen molar-refractivity contribution in [2.24, 2.45) is 0 Å². The first-order valence-corrected chi connectivity index (χ1v) is 4.65. The van der Waals surface area contributed by atoms with Gasteiger partial charge < -0.3 is 5.11 Å². The van der Waals surface area contributed by atoms with E-state index in [1.54, 1.807) is 0 Å². The summed E-state index contributed by atoms with van der Waals surface area (Å²) >= 11 is 0. The molecule has 0 aliphatic carbocycles. The Balaban J connectivity index is 3.88. The van der Waals surface area contributed by atoms with Gasteiger partial charge in [-0.15, -0.1) is 0 Å². The van der Waals surface area contributed by atoms with Gasteiger partial charge in [-0.1, -0.05) is 6.92 Å². The first-order chi connectivity index (χ1) is 5.90. The standard InChI is InChI=1S/C10H18O3/c1-4-5-9(12)6-7-10(3,13)8(2)11/h13H,4-7H2,1-3H3. The van der Waals surface area contributed by atoms with Crippen LogP contribution in [0.15, 0.2) is 0 Å². The minimum absolute atomic E-state index is 0.115. The molecule has 1 N–H and O–H groups in total. The maximum atomic E-state index is 11.1. The van der Waals surface area contributed by atoms with Crippen molar-refractivity contribution in [1.82, 2.24) is 0 Å². The molecule has 0 bridgehead atoms.